The molecule has 0 atom stereocenters. The molecule has 1 saturated carbocycles. The van der Waals surface area contributed by atoms with E-state index in [1.165, 1.54) is 12.8 Å². The van der Waals surface area contributed by atoms with Crippen LogP contribution in [0.15, 0.2) is 4.79 Å². The monoisotopic (exact) mass is 223 g/mol. The molecule has 1 aromatic rings. The molecule has 0 saturated heterocycles. The second-order valence-corrected chi connectivity index (χ2v) is 4.73. The van der Waals surface area contributed by atoms with Gasteiger partial charge in [0.05, 0.1) is 5.56 Å². The van der Waals surface area contributed by atoms with Crippen molar-refractivity contribution in [3.63, 3.8) is 0 Å². The van der Waals surface area contributed by atoms with Gasteiger partial charge in [0, 0.05) is 31.2 Å². The summed E-state index contributed by atoms with van der Waals surface area (Å²) in [6.45, 7) is 1.83. The predicted octanol–water partition coefficient (Wildman–Crippen LogP) is 0.953. The maximum absolute atomic E-state index is 11.7. The van der Waals surface area contributed by atoms with Crippen LogP contribution in [0, 0.1) is 4.77 Å². The van der Waals surface area contributed by atoms with Crippen LogP contribution >= 0.6 is 12.2 Å². The minimum absolute atomic E-state index is 0.0147. The minimum Gasteiger partial charge on any atom is -0.335 e. The fraction of sp³-hybridized carbons (Fsp3) is 0.600. The maximum atomic E-state index is 11.7. The number of hydrogen-bond donors (Lipinski definition) is 2. The van der Waals surface area contributed by atoms with E-state index >= 15 is 0 Å². The van der Waals surface area contributed by atoms with Crippen LogP contribution in [0.3, 0.4) is 0 Å². The highest BCUT2D eigenvalue weighted by atomic mass is 32.1. The lowest BCUT2D eigenvalue weighted by Gasteiger charge is -2.27. The highest BCUT2D eigenvalue weighted by Crippen LogP contribution is 2.30. The average Bonchev–Trinajstić information content (AvgIpc) is 3.00. The van der Waals surface area contributed by atoms with Gasteiger partial charge in [-0.15, -0.1) is 0 Å². The second kappa shape index (κ2) is 3.28. The Hall–Kier alpha value is -0.940. The first kappa shape index (κ1) is 9.30. The van der Waals surface area contributed by atoms with Gasteiger partial charge >= 0.3 is 0 Å². The standard InChI is InChI=1S/C10H13N3OS/c14-9-7-5-13(6-1-2-6)4-3-8(7)11-10(15)12-9/h6H,1-5H2,(H2,11,12,14,15). The van der Waals surface area contributed by atoms with Crippen molar-refractivity contribution in [2.24, 2.45) is 0 Å². The molecule has 3 rings (SSSR count). The van der Waals surface area contributed by atoms with Crippen LogP contribution in [0.25, 0.3) is 0 Å². The summed E-state index contributed by atoms with van der Waals surface area (Å²) < 4.78 is 0.443. The number of aromatic nitrogens is 2. The van der Waals surface area contributed by atoms with Crippen LogP contribution in [0.4, 0.5) is 0 Å². The van der Waals surface area contributed by atoms with Gasteiger partial charge in [0.2, 0.25) is 0 Å². The van der Waals surface area contributed by atoms with Crippen LogP contribution in [-0.4, -0.2) is 27.5 Å². The van der Waals surface area contributed by atoms with Gasteiger partial charge in [0.1, 0.15) is 0 Å². The molecule has 0 radical (unpaired) electrons. The average molecular weight is 223 g/mol. The summed E-state index contributed by atoms with van der Waals surface area (Å²) in [4.78, 5) is 19.8. The highest BCUT2D eigenvalue weighted by Gasteiger charge is 2.32. The number of rotatable bonds is 1. The van der Waals surface area contributed by atoms with Gasteiger partial charge in [0.15, 0.2) is 4.77 Å². The van der Waals surface area contributed by atoms with Crippen molar-refractivity contribution in [1.29, 1.82) is 0 Å². The molecule has 1 fully saturated rings. The van der Waals surface area contributed by atoms with E-state index in [4.69, 9.17) is 12.2 Å². The number of H-pyrrole nitrogens is 2. The molecular formula is C10H13N3OS. The molecule has 2 aliphatic rings. The number of aromatic amines is 2. The third-order valence-electron chi connectivity index (χ3n) is 3.20. The van der Waals surface area contributed by atoms with E-state index in [1.54, 1.807) is 0 Å². The molecule has 5 heteroatoms. The quantitative estimate of drug-likeness (QED) is 0.697. The minimum atomic E-state index is -0.0147. The van der Waals surface area contributed by atoms with E-state index in [0.29, 0.717) is 4.77 Å². The lowest BCUT2D eigenvalue weighted by Crippen LogP contribution is -2.36. The molecule has 1 aliphatic carbocycles. The third kappa shape index (κ3) is 1.66. The van der Waals surface area contributed by atoms with Gasteiger partial charge in [-0.1, -0.05) is 0 Å². The molecular weight excluding hydrogens is 210 g/mol. The molecule has 15 heavy (non-hydrogen) atoms. The van der Waals surface area contributed by atoms with Crippen molar-refractivity contribution in [2.45, 2.75) is 31.8 Å². The first-order valence-electron chi connectivity index (χ1n) is 5.32. The zero-order valence-electron chi connectivity index (χ0n) is 8.38. The third-order valence-corrected chi connectivity index (χ3v) is 3.41. The van der Waals surface area contributed by atoms with E-state index in [9.17, 15) is 4.79 Å². The summed E-state index contributed by atoms with van der Waals surface area (Å²) in [6.07, 6.45) is 3.49. The Morgan fingerprint density at radius 2 is 2.13 bits per heavy atom. The van der Waals surface area contributed by atoms with E-state index in [0.717, 1.165) is 36.8 Å². The largest absolute Gasteiger partial charge is 0.335 e. The summed E-state index contributed by atoms with van der Waals surface area (Å²) >= 11 is 4.95. The van der Waals surface area contributed by atoms with Gasteiger partial charge in [-0.25, -0.2) is 0 Å². The fourth-order valence-electron chi connectivity index (χ4n) is 2.23. The van der Waals surface area contributed by atoms with Crippen molar-refractivity contribution in [3.05, 3.63) is 26.4 Å². The summed E-state index contributed by atoms with van der Waals surface area (Å²) in [5.41, 5.74) is 1.89. The van der Waals surface area contributed by atoms with E-state index in [-0.39, 0.29) is 5.56 Å². The van der Waals surface area contributed by atoms with Crippen molar-refractivity contribution in [2.75, 3.05) is 6.54 Å². The van der Waals surface area contributed by atoms with Crippen molar-refractivity contribution >= 4 is 12.2 Å². The Balaban J connectivity index is 2.01. The molecule has 4 nitrogen and oxygen atoms in total. The fourth-order valence-corrected chi connectivity index (χ4v) is 2.44. The van der Waals surface area contributed by atoms with E-state index < -0.39 is 0 Å². The summed E-state index contributed by atoms with van der Waals surface area (Å²) in [6, 6.07) is 0.723. The topological polar surface area (TPSA) is 51.9 Å². The SMILES string of the molecule is O=c1[nH]c(=S)[nH]c2c1CN(C1CC1)CC2. The molecule has 1 aromatic heterocycles. The van der Waals surface area contributed by atoms with E-state index in [2.05, 4.69) is 14.9 Å². The summed E-state index contributed by atoms with van der Waals surface area (Å²) in [7, 11) is 0. The number of nitrogens with zero attached hydrogens (tertiary/aromatic N) is 1. The Bertz CT molecular complexity index is 500. The zero-order chi connectivity index (χ0) is 10.4. The summed E-state index contributed by atoms with van der Waals surface area (Å²) in [5, 5.41) is 0. The second-order valence-electron chi connectivity index (χ2n) is 4.32. The van der Waals surface area contributed by atoms with Crippen LogP contribution in [-0.2, 0) is 13.0 Å². The van der Waals surface area contributed by atoms with E-state index in [1.807, 2.05) is 0 Å². The first-order chi connectivity index (χ1) is 7.24. The van der Waals surface area contributed by atoms with Gasteiger partial charge < -0.3 is 4.98 Å². The van der Waals surface area contributed by atoms with Crippen LogP contribution < -0.4 is 5.56 Å². The number of hydrogen-bond acceptors (Lipinski definition) is 3. The Morgan fingerprint density at radius 3 is 2.87 bits per heavy atom. The van der Waals surface area contributed by atoms with Crippen LogP contribution in [0.5, 0.6) is 0 Å². The number of nitrogens with one attached hydrogen (secondary N) is 2. The lowest BCUT2D eigenvalue weighted by atomic mass is 10.1. The predicted molar refractivity (Wildman–Crippen MR) is 59.4 cm³/mol. The molecule has 0 amide bonds. The highest BCUT2D eigenvalue weighted by molar-refractivity contribution is 7.71. The van der Waals surface area contributed by atoms with Crippen molar-refractivity contribution < 1.29 is 0 Å². The molecule has 2 heterocycles. The molecule has 0 spiro atoms. The first-order valence-corrected chi connectivity index (χ1v) is 5.73. The smallest absolute Gasteiger partial charge is 0.256 e. The van der Waals surface area contributed by atoms with Gasteiger partial charge in [-0.2, -0.15) is 0 Å². The van der Waals surface area contributed by atoms with Crippen LogP contribution in [0.1, 0.15) is 24.1 Å². The normalized spacial score (nSPS) is 21.3. The Morgan fingerprint density at radius 1 is 1.33 bits per heavy atom. The van der Waals surface area contributed by atoms with Crippen LogP contribution in [0.2, 0.25) is 0 Å². The number of fused-ring (bicyclic) bond motifs is 1. The maximum Gasteiger partial charge on any atom is 0.256 e. The van der Waals surface area contributed by atoms with Gasteiger partial charge in [-0.05, 0) is 25.1 Å². The molecule has 0 bridgehead atoms. The Kier molecular flexibility index (Phi) is 2.03. The zero-order valence-corrected chi connectivity index (χ0v) is 9.19. The van der Waals surface area contributed by atoms with Crippen molar-refractivity contribution in [1.82, 2.24) is 14.9 Å². The molecule has 0 unspecified atom stereocenters. The van der Waals surface area contributed by atoms with Gasteiger partial charge in [-0.3, -0.25) is 14.7 Å². The lowest BCUT2D eigenvalue weighted by molar-refractivity contribution is 0.240. The molecule has 80 valence electrons. The Labute approximate surface area is 92.3 Å². The summed E-state index contributed by atoms with van der Waals surface area (Å²) in [5.74, 6) is 0. The van der Waals surface area contributed by atoms with Crippen molar-refractivity contribution in [3.8, 4) is 0 Å². The van der Waals surface area contributed by atoms with Gasteiger partial charge in [0.25, 0.3) is 5.56 Å². The molecule has 0 aromatic carbocycles. The molecule has 1 aliphatic heterocycles. The molecule has 2 N–H and O–H groups in total.